The van der Waals surface area contributed by atoms with Crippen LogP contribution in [0.2, 0.25) is 0 Å². The summed E-state index contributed by atoms with van der Waals surface area (Å²) in [5, 5.41) is 0. The Balaban J connectivity index is 2.87. The number of hydrogen-bond donors (Lipinski definition) is 0. The molecule has 80 valence electrons. The summed E-state index contributed by atoms with van der Waals surface area (Å²) in [6.07, 6.45) is 3.71. The van der Waals surface area contributed by atoms with Gasteiger partial charge in [0, 0.05) is 6.42 Å². The fraction of sp³-hybridized carbons (Fsp3) is 0.357. The molecule has 1 aromatic carbocycles. The van der Waals surface area contributed by atoms with E-state index in [1.165, 1.54) is 11.1 Å². The molecule has 0 fully saturated rings. The summed E-state index contributed by atoms with van der Waals surface area (Å²) in [4.78, 5) is 11.0. The zero-order valence-electron chi connectivity index (χ0n) is 9.49. The maximum atomic E-state index is 11.0. The van der Waals surface area contributed by atoms with Gasteiger partial charge in [0.05, 0.1) is 0 Å². The third kappa shape index (κ3) is 3.35. The predicted octanol–water partition coefficient (Wildman–Crippen LogP) is 3.54. The summed E-state index contributed by atoms with van der Waals surface area (Å²) < 4.78 is 0. The minimum atomic E-state index is 0.765. The maximum Gasteiger partial charge on any atom is 0.146 e. The molecule has 0 saturated heterocycles. The number of hydrogen-bond acceptors (Lipinski definition) is 1. The summed E-state index contributed by atoms with van der Waals surface area (Å²) in [5.41, 5.74) is 3.43. The molecule has 0 aliphatic carbocycles. The monoisotopic (exact) mass is 202 g/mol. The lowest BCUT2D eigenvalue weighted by Crippen LogP contribution is -1.97. The van der Waals surface area contributed by atoms with Crippen LogP contribution in [0, 0.1) is 0 Å². The summed E-state index contributed by atoms with van der Waals surface area (Å²) in [5.74, 6) is 0. The van der Waals surface area contributed by atoms with Gasteiger partial charge in [-0.05, 0) is 24.0 Å². The molecule has 0 N–H and O–H groups in total. The molecule has 0 bridgehead atoms. The Hall–Kier alpha value is -1.37. The molecule has 0 amide bonds. The summed E-state index contributed by atoms with van der Waals surface area (Å²) in [6.45, 7) is 4.21. The Labute approximate surface area is 91.8 Å². The van der Waals surface area contributed by atoms with Crippen LogP contribution in [-0.2, 0) is 11.2 Å². The first-order valence-corrected chi connectivity index (χ1v) is 5.51. The van der Waals surface area contributed by atoms with Crippen LogP contribution < -0.4 is 0 Å². The van der Waals surface area contributed by atoms with Gasteiger partial charge in [0.15, 0.2) is 0 Å². The Kier molecular flexibility index (Phi) is 4.82. The van der Waals surface area contributed by atoms with Gasteiger partial charge in [0.2, 0.25) is 0 Å². The maximum absolute atomic E-state index is 11.0. The van der Waals surface area contributed by atoms with E-state index in [1.807, 2.05) is 18.2 Å². The highest BCUT2D eigenvalue weighted by atomic mass is 16.1. The van der Waals surface area contributed by atoms with Gasteiger partial charge in [-0.2, -0.15) is 0 Å². The second-order valence-corrected chi connectivity index (χ2v) is 3.62. The van der Waals surface area contributed by atoms with Crippen molar-refractivity contribution in [2.45, 2.75) is 33.1 Å². The van der Waals surface area contributed by atoms with E-state index >= 15 is 0 Å². The summed E-state index contributed by atoms with van der Waals surface area (Å²) in [7, 11) is 0. The van der Waals surface area contributed by atoms with Crippen LogP contribution in [0.15, 0.2) is 41.5 Å². The van der Waals surface area contributed by atoms with Crippen LogP contribution in [0.3, 0.4) is 0 Å². The highest BCUT2D eigenvalue weighted by Crippen LogP contribution is 2.15. The molecule has 0 aliphatic rings. The van der Waals surface area contributed by atoms with Gasteiger partial charge >= 0.3 is 0 Å². The van der Waals surface area contributed by atoms with Crippen molar-refractivity contribution in [1.29, 1.82) is 0 Å². The van der Waals surface area contributed by atoms with Crippen molar-refractivity contribution in [3.63, 3.8) is 0 Å². The number of rotatable bonds is 5. The molecule has 1 rings (SSSR count). The standard InChI is InChI=1S/C14H18O/c1-3-13(4-2)14(11-15)10-12-8-6-5-7-9-12/h5-9,11H,3-4,10H2,1-2H3. The van der Waals surface area contributed by atoms with E-state index in [0.29, 0.717) is 0 Å². The van der Waals surface area contributed by atoms with Crippen molar-refractivity contribution < 1.29 is 4.79 Å². The molecule has 1 heteroatoms. The van der Waals surface area contributed by atoms with Crippen molar-refractivity contribution in [3.05, 3.63) is 47.0 Å². The van der Waals surface area contributed by atoms with Crippen LogP contribution in [0.1, 0.15) is 32.3 Å². The lowest BCUT2D eigenvalue weighted by Gasteiger charge is -2.07. The van der Waals surface area contributed by atoms with E-state index in [1.54, 1.807) is 0 Å². The van der Waals surface area contributed by atoms with Crippen LogP contribution in [0.5, 0.6) is 0 Å². The molecule has 0 aromatic heterocycles. The molecule has 0 unspecified atom stereocenters. The molecule has 0 radical (unpaired) electrons. The van der Waals surface area contributed by atoms with E-state index in [9.17, 15) is 4.79 Å². The molecule has 0 aliphatic heterocycles. The smallest absolute Gasteiger partial charge is 0.146 e. The first-order chi connectivity index (χ1) is 7.31. The second-order valence-electron chi connectivity index (χ2n) is 3.62. The molecule has 0 spiro atoms. The third-order valence-corrected chi connectivity index (χ3v) is 2.69. The largest absolute Gasteiger partial charge is 0.298 e. The fourth-order valence-electron chi connectivity index (χ4n) is 1.77. The van der Waals surface area contributed by atoms with Gasteiger partial charge in [-0.15, -0.1) is 0 Å². The molecular formula is C14H18O. The van der Waals surface area contributed by atoms with Crippen molar-refractivity contribution in [2.24, 2.45) is 0 Å². The van der Waals surface area contributed by atoms with Crippen LogP contribution in [-0.4, -0.2) is 6.29 Å². The minimum absolute atomic E-state index is 0.765. The summed E-state index contributed by atoms with van der Waals surface area (Å²) in [6, 6.07) is 10.1. The number of aldehydes is 1. The van der Waals surface area contributed by atoms with Crippen molar-refractivity contribution in [2.75, 3.05) is 0 Å². The quantitative estimate of drug-likeness (QED) is 0.527. The minimum Gasteiger partial charge on any atom is -0.298 e. The molecule has 1 aromatic rings. The Morgan fingerprint density at radius 3 is 2.20 bits per heavy atom. The second kappa shape index (κ2) is 6.18. The number of allylic oxidation sites excluding steroid dienone is 2. The number of benzene rings is 1. The van der Waals surface area contributed by atoms with Gasteiger partial charge in [-0.1, -0.05) is 49.8 Å². The van der Waals surface area contributed by atoms with E-state index in [4.69, 9.17) is 0 Å². The molecule has 1 nitrogen and oxygen atoms in total. The van der Waals surface area contributed by atoms with Gasteiger partial charge in [-0.3, -0.25) is 4.79 Å². The molecule has 0 heterocycles. The van der Waals surface area contributed by atoms with Crippen molar-refractivity contribution >= 4 is 6.29 Å². The highest BCUT2D eigenvalue weighted by molar-refractivity contribution is 5.75. The molecule has 0 saturated carbocycles. The Bertz CT molecular complexity index is 330. The van der Waals surface area contributed by atoms with Gasteiger partial charge in [-0.25, -0.2) is 0 Å². The van der Waals surface area contributed by atoms with E-state index < -0.39 is 0 Å². The zero-order valence-corrected chi connectivity index (χ0v) is 9.49. The molecule has 0 atom stereocenters. The Morgan fingerprint density at radius 1 is 1.13 bits per heavy atom. The lowest BCUT2D eigenvalue weighted by atomic mass is 9.98. The predicted molar refractivity (Wildman–Crippen MR) is 63.8 cm³/mol. The Morgan fingerprint density at radius 2 is 1.73 bits per heavy atom. The lowest BCUT2D eigenvalue weighted by molar-refractivity contribution is -0.105. The van der Waals surface area contributed by atoms with E-state index in [2.05, 4.69) is 26.0 Å². The first kappa shape index (κ1) is 11.7. The average molecular weight is 202 g/mol. The van der Waals surface area contributed by atoms with Crippen LogP contribution in [0.4, 0.5) is 0 Å². The third-order valence-electron chi connectivity index (χ3n) is 2.69. The van der Waals surface area contributed by atoms with Crippen molar-refractivity contribution in [3.8, 4) is 0 Å². The summed E-state index contributed by atoms with van der Waals surface area (Å²) >= 11 is 0. The van der Waals surface area contributed by atoms with Crippen LogP contribution in [0.25, 0.3) is 0 Å². The van der Waals surface area contributed by atoms with Crippen LogP contribution >= 0.6 is 0 Å². The fourth-order valence-corrected chi connectivity index (χ4v) is 1.77. The van der Waals surface area contributed by atoms with Gasteiger partial charge in [0.25, 0.3) is 0 Å². The van der Waals surface area contributed by atoms with Crippen molar-refractivity contribution in [1.82, 2.24) is 0 Å². The number of carbonyl (C=O) groups excluding carboxylic acids is 1. The van der Waals surface area contributed by atoms with E-state index in [0.717, 1.165) is 31.1 Å². The number of carbonyl (C=O) groups is 1. The normalized spacial score (nSPS) is 9.73. The van der Waals surface area contributed by atoms with E-state index in [-0.39, 0.29) is 0 Å². The topological polar surface area (TPSA) is 17.1 Å². The first-order valence-electron chi connectivity index (χ1n) is 5.51. The highest BCUT2D eigenvalue weighted by Gasteiger charge is 2.03. The molecule has 15 heavy (non-hydrogen) atoms. The zero-order chi connectivity index (χ0) is 11.1. The molecular weight excluding hydrogens is 184 g/mol. The van der Waals surface area contributed by atoms with Gasteiger partial charge in [0.1, 0.15) is 6.29 Å². The average Bonchev–Trinajstić information content (AvgIpc) is 2.30. The SMILES string of the molecule is CCC(CC)=C(C=O)Cc1ccccc1. The van der Waals surface area contributed by atoms with Gasteiger partial charge < -0.3 is 0 Å².